The van der Waals surface area contributed by atoms with E-state index in [0.717, 1.165) is 16.1 Å². The minimum Gasteiger partial charge on any atom is -0.294 e. The summed E-state index contributed by atoms with van der Waals surface area (Å²) in [5, 5.41) is 7.20. The summed E-state index contributed by atoms with van der Waals surface area (Å²) in [7, 11) is 1.44. The zero-order valence-electron chi connectivity index (χ0n) is 5.60. The van der Waals surface area contributed by atoms with E-state index in [9.17, 15) is 8.78 Å². The number of alkyl halides is 2. The van der Waals surface area contributed by atoms with Gasteiger partial charge in [0.15, 0.2) is 5.17 Å². The lowest BCUT2D eigenvalue weighted by Crippen LogP contribution is -2.16. The zero-order valence-corrected chi connectivity index (χ0v) is 7.23. The molecule has 0 aromatic carbocycles. The molecule has 0 amide bonds. The molecule has 10 heavy (non-hydrogen) atoms. The minimum atomic E-state index is -2.45. The van der Waals surface area contributed by atoms with E-state index in [1.807, 2.05) is 0 Å². The van der Waals surface area contributed by atoms with Gasteiger partial charge in [0.2, 0.25) is 0 Å². The highest BCUT2D eigenvalue weighted by atomic mass is 32.2. The summed E-state index contributed by atoms with van der Waals surface area (Å²) in [6.45, 7) is 0. The number of rotatable bonds is 2. The molecule has 2 nitrogen and oxygen atoms in total. The van der Waals surface area contributed by atoms with Crippen LogP contribution in [0.15, 0.2) is 0 Å². The van der Waals surface area contributed by atoms with E-state index in [4.69, 9.17) is 5.41 Å². The number of thioether (sulfide) groups is 1. The van der Waals surface area contributed by atoms with Gasteiger partial charge in [0.1, 0.15) is 0 Å². The molecule has 0 unspecified atom stereocenters. The number of hydrogen-bond donors (Lipinski definition) is 1. The Kier molecular flexibility index (Phi) is 4.80. The fourth-order valence-electron chi connectivity index (χ4n) is 0.296. The van der Waals surface area contributed by atoms with Crippen molar-refractivity contribution in [2.75, 3.05) is 13.3 Å². The summed E-state index contributed by atoms with van der Waals surface area (Å²) in [5.74, 6) is -2.45. The van der Waals surface area contributed by atoms with Crippen LogP contribution in [0.2, 0.25) is 0 Å². The Morgan fingerprint density at radius 1 is 1.60 bits per heavy atom. The summed E-state index contributed by atoms with van der Waals surface area (Å²) in [4.78, 5) is 0. The Hall–Kier alpha value is 0.0300. The van der Waals surface area contributed by atoms with Crippen molar-refractivity contribution in [3.8, 4) is 0 Å². The first-order chi connectivity index (χ1) is 4.57. The highest BCUT2D eigenvalue weighted by Gasteiger charge is 2.10. The third-order valence-electron chi connectivity index (χ3n) is 0.717. The molecule has 0 rings (SSSR count). The first kappa shape index (κ1) is 10.0. The van der Waals surface area contributed by atoms with Crippen molar-refractivity contribution in [2.45, 2.75) is 5.76 Å². The van der Waals surface area contributed by atoms with Crippen molar-refractivity contribution < 1.29 is 8.78 Å². The molecule has 0 fully saturated rings. The molecule has 6 heteroatoms. The molecule has 0 saturated heterocycles. The van der Waals surface area contributed by atoms with Gasteiger partial charge < -0.3 is 0 Å². The maximum absolute atomic E-state index is 11.6. The molecular weight excluding hydrogens is 178 g/mol. The summed E-state index contributed by atoms with van der Waals surface area (Å²) in [6.07, 6.45) is 1.67. The van der Waals surface area contributed by atoms with Crippen LogP contribution in [0.1, 0.15) is 0 Å². The van der Waals surface area contributed by atoms with Gasteiger partial charge >= 0.3 is 5.76 Å². The van der Waals surface area contributed by atoms with Crippen molar-refractivity contribution >= 4 is 28.9 Å². The predicted octanol–water partition coefficient (Wildman–Crippen LogP) is 2.09. The highest BCUT2D eigenvalue weighted by molar-refractivity contribution is 8.14. The van der Waals surface area contributed by atoms with Gasteiger partial charge in [-0.3, -0.25) is 9.71 Å². The second-order valence-corrected chi connectivity index (χ2v) is 3.28. The summed E-state index contributed by atoms with van der Waals surface area (Å²) < 4.78 is 24.3. The normalized spacial score (nSPS) is 10.1. The molecule has 60 valence electrons. The minimum absolute atomic E-state index is 0.130. The van der Waals surface area contributed by atoms with Crippen molar-refractivity contribution in [2.24, 2.45) is 0 Å². The van der Waals surface area contributed by atoms with Crippen LogP contribution in [0.25, 0.3) is 0 Å². The molecule has 0 aromatic rings. The number of amidine groups is 1. The quantitative estimate of drug-likeness (QED) is 0.406. The van der Waals surface area contributed by atoms with E-state index < -0.39 is 5.76 Å². The SMILES string of the molecule is CSC(=N)N(C)SC(F)F. The van der Waals surface area contributed by atoms with Gasteiger partial charge in [0, 0.05) is 19.0 Å². The zero-order chi connectivity index (χ0) is 8.15. The smallest absolute Gasteiger partial charge is 0.294 e. The average Bonchev–Trinajstić information content (AvgIpc) is 1.85. The van der Waals surface area contributed by atoms with E-state index in [-0.39, 0.29) is 5.17 Å². The lowest BCUT2D eigenvalue weighted by molar-refractivity contribution is 0.249. The number of halogens is 2. The van der Waals surface area contributed by atoms with Crippen LogP contribution < -0.4 is 0 Å². The van der Waals surface area contributed by atoms with Crippen LogP contribution in [0.5, 0.6) is 0 Å². The Balaban J connectivity index is 3.61. The first-order valence-electron chi connectivity index (χ1n) is 2.39. The Morgan fingerprint density at radius 2 is 2.10 bits per heavy atom. The first-order valence-corrected chi connectivity index (χ1v) is 4.45. The number of hydrogen-bond acceptors (Lipinski definition) is 3. The molecule has 0 atom stereocenters. The van der Waals surface area contributed by atoms with E-state index >= 15 is 0 Å². The largest absolute Gasteiger partial charge is 0.302 e. The van der Waals surface area contributed by atoms with Gasteiger partial charge in [-0.2, -0.15) is 8.78 Å². The van der Waals surface area contributed by atoms with Gasteiger partial charge in [-0.1, -0.05) is 11.8 Å². The Labute approximate surface area is 67.0 Å². The van der Waals surface area contributed by atoms with E-state index in [1.165, 1.54) is 7.05 Å². The molecule has 0 aliphatic rings. The Bertz CT molecular complexity index is 120. The molecule has 0 aliphatic heterocycles. The van der Waals surface area contributed by atoms with Crippen LogP contribution >= 0.6 is 23.7 Å². The Morgan fingerprint density at radius 3 is 2.40 bits per heavy atom. The van der Waals surface area contributed by atoms with Gasteiger partial charge in [-0.25, -0.2) is 0 Å². The lowest BCUT2D eigenvalue weighted by Gasteiger charge is -2.14. The van der Waals surface area contributed by atoms with Crippen LogP contribution in [-0.4, -0.2) is 28.5 Å². The topological polar surface area (TPSA) is 27.1 Å². The summed E-state index contributed by atoms with van der Waals surface area (Å²) >= 11 is 1.47. The van der Waals surface area contributed by atoms with Gasteiger partial charge in [-0.05, 0) is 6.26 Å². The van der Waals surface area contributed by atoms with Gasteiger partial charge in [-0.15, -0.1) is 0 Å². The molecule has 1 N–H and O–H groups in total. The van der Waals surface area contributed by atoms with E-state index in [1.54, 1.807) is 6.26 Å². The van der Waals surface area contributed by atoms with Gasteiger partial charge in [0.05, 0.1) is 0 Å². The van der Waals surface area contributed by atoms with Crippen molar-refractivity contribution in [3.05, 3.63) is 0 Å². The van der Waals surface area contributed by atoms with Crippen LogP contribution in [0.3, 0.4) is 0 Å². The van der Waals surface area contributed by atoms with Gasteiger partial charge in [0.25, 0.3) is 0 Å². The van der Waals surface area contributed by atoms with E-state index in [0.29, 0.717) is 11.9 Å². The average molecular weight is 186 g/mol. The third-order valence-corrected chi connectivity index (χ3v) is 2.15. The standard InChI is InChI=1S/C4H8F2N2S2/c1-8(4(7)9-2)10-3(5)6/h3,7H,1-2H3. The second kappa shape index (κ2) is 4.79. The fourth-order valence-corrected chi connectivity index (χ4v) is 1.24. The fraction of sp³-hybridized carbons (Fsp3) is 0.750. The van der Waals surface area contributed by atoms with E-state index in [2.05, 4.69) is 0 Å². The molecule has 0 aliphatic carbocycles. The molecule has 0 spiro atoms. The molecule has 0 aromatic heterocycles. The second-order valence-electron chi connectivity index (χ2n) is 1.37. The molecule has 0 saturated carbocycles. The molecular formula is C4H8F2N2S2. The third kappa shape index (κ3) is 3.94. The van der Waals surface area contributed by atoms with Crippen molar-refractivity contribution in [1.82, 2.24) is 4.31 Å². The van der Waals surface area contributed by atoms with Crippen molar-refractivity contribution in [3.63, 3.8) is 0 Å². The van der Waals surface area contributed by atoms with Crippen molar-refractivity contribution in [1.29, 1.82) is 5.41 Å². The van der Waals surface area contributed by atoms with Crippen LogP contribution in [0, 0.1) is 5.41 Å². The molecule has 0 bridgehead atoms. The number of nitrogens with zero attached hydrogens (tertiary/aromatic N) is 1. The van der Waals surface area contributed by atoms with Crippen LogP contribution in [-0.2, 0) is 0 Å². The summed E-state index contributed by atoms with van der Waals surface area (Å²) in [5.41, 5.74) is 0. The van der Waals surface area contributed by atoms with Crippen LogP contribution in [0.4, 0.5) is 8.78 Å². The highest BCUT2D eigenvalue weighted by Crippen LogP contribution is 2.19. The number of nitrogens with one attached hydrogen (secondary N) is 1. The maximum Gasteiger partial charge on any atom is 0.302 e. The lowest BCUT2D eigenvalue weighted by atomic mass is 11.2. The maximum atomic E-state index is 11.6. The molecule has 0 heterocycles. The summed E-state index contributed by atoms with van der Waals surface area (Å²) in [6, 6.07) is 0. The monoisotopic (exact) mass is 186 g/mol. The predicted molar refractivity (Wildman–Crippen MR) is 42.6 cm³/mol. The molecule has 0 radical (unpaired) electrons.